The summed E-state index contributed by atoms with van der Waals surface area (Å²) in [7, 11) is 0. The molecule has 0 saturated carbocycles. The van der Waals surface area contributed by atoms with Crippen LogP contribution < -0.4 is 11.1 Å². The van der Waals surface area contributed by atoms with Gasteiger partial charge in [0.2, 0.25) is 5.91 Å². The first-order chi connectivity index (χ1) is 7.65. The molecule has 1 amide bonds. The molecule has 0 saturated heterocycles. The fourth-order valence-corrected chi connectivity index (χ4v) is 1.66. The Morgan fingerprint density at radius 1 is 1.44 bits per heavy atom. The third kappa shape index (κ3) is 3.62. The number of nitrogens with one attached hydrogen (secondary N) is 1. The lowest BCUT2D eigenvalue weighted by atomic mass is 9.98. The summed E-state index contributed by atoms with van der Waals surface area (Å²) in [5.74, 6) is -0.517. The number of hydrogen-bond donors (Lipinski definition) is 2. The minimum atomic E-state index is -0.419. The SMILES string of the molecule is CCNC(=O)C(Cc1ccccc1)C(N)=S. The third-order valence-electron chi connectivity index (χ3n) is 2.29. The minimum Gasteiger partial charge on any atom is -0.393 e. The number of amides is 1. The van der Waals surface area contributed by atoms with Gasteiger partial charge in [-0.2, -0.15) is 0 Å². The first kappa shape index (κ1) is 12.6. The smallest absolute Gasteiger partial charge is 0.230 e. The van der Waals surface area contributed by atoms with E-state index in [9.17, 15) is 4.79 Å². The van der Waals surface area contributed by atoms with Crippen LogP contribution >= 0.6 is 12.2 Å². The maximum atomic E-state index is 11.7. The van der Waals surface area contributed by atoms with Crippen molar-refractivity contribution in [2.75, 3.05) is 6.54 Å². The van der Waals surface area contributed by atoms with Crippen LogP contribution in [0.2, 0.25) is 0 Å². The van der Waals surface area contributed by atoms with Gasteiger partial charge in [-0.25, -0.2) is 0 Å². The Hall–Kier alpha value is -1.42. The van der Waals surface area contributed by atoms with Crippen molar-refractivity contribution in [2.24, 2.45) is 11.7 Å². The van der Waals surface area contributed by atoms with Gasteiger partial charge in [0.15, 0.2) is 0 Å². The molecule has 1 aromatic rings. The molecule has 0 aliphatic heterocycles. The third-order valence-corrected chi connectivity index (χ3v) is 2.58. The molecule has 1 rings (SSSR count). The molecule has 86 valence electrons. The number of hydrogen-bond acceptors (Lipinski definition) is 2. The number of carbonyl (C=O) groups excluding carboxylic acids is 1. The van der Waals surface area contributed by atoms with Crippen LogP contribution in [0.3, 0.4) is 0 Å². The molecule has 0 aliphatic carbocycles. The first-order valence-corrected chi connectivity index (χ1v) is 5.67. The van der Waals surface area contributed by atoms with Crippen molar-refractivity contribution >= 4 is 23.1 Å². The fraction of sp³-hybridized carbons (Fsp3) is 0.333. The van der Waals surface area contributed by atoms with E-state index in [1.54, 1.807) is 0 Å². The zero-order valence-corrected chi connectivity index (χ0v) is 10.1. The molecule has 0 heterocycles. The zero-order chi connectivity index (χ0) is 12.0. The maximum Gasteiger partial charge on any atom is 0.230 e. The Morgan fingerprint density at radius 2 is 2.06 bits per heavy atom. The second-order valence-corrected chi connectivity index (χ2v) is 4.01. The highest BCUT2D eigenvalue weighted by Gasteiger charge is 2.20. The van der Waals surface area contributed by atoms with Gasteiger partial charge in [-0.3, -0.25) is 4.79 Å². The van der Waals surface area contributed by atoms with Gasteiger partial charge in [0, 0.05) is 6.54 Å². The molecular formula is C12H16N2OS. The van der Waals surface area contributed by atoms with Gasteiger partial charge in [-0.1, -0.05) is 42.5 Å². The molecule has 0 radical (unpaired) electrons. The molecule has 1 aromatic carbocycles. The van der Waals surface area contributed by atoms with Crippen LogP contribution in [0.15, 0.2) is 30.3 Å². The average molecular weight is 236 g/mol. The lowest BCUT2D eigenvalue weighted by Crippen LogP contribution is -2.39. The molecule has 0 fully saturated rings. The zero-order valence-electron chi connectivity index (χ0n) is 9.27. The summed E-state index contributed by atoms with van der Waals surface area (Å²) < 4.78 is 0. The van der Waals surface area contributed by atoms with Crippen LogP contribution in [-0.4, -0.2) is 17.4 Å². The van der Waals surface area contributed by atoms with E-state index in [2.05, 4.69) is 5.32 Å². The van der Waals surface area contributed by atoms with E-state index in [0.717, 1.165) is 5.56 Å². The Balaban J connectivity index is 2.73. The summed E-state index contributed by atoms with van der Waals surface area (Å²) in [4.78, 5) is 12.0. The highest BCUT2D eigenvalue weighted by molar-refractivity contribution is 7.80. The standard InChI is InChI=1S/C12H16N2OS/c1-2-14-12(15)10(11(13)16)8-9-6-4-3-5-7-9/h3-7,10H,2,8H2,1H3,(H2,13,16)(H,14,15). The number of benzene rings is 1. The van der Waals surface area contributed by atoms with Crippen molar-refractivity contribution in [1.29, 1.82) is 0 Å². The Kier molecular flexibility index (Phi) is 4.92. The monoisotopic (exact) mass is 236 g/mol. The molecule has 1 atom stereocenters. The van der Waals surface area contributed by atoms with Gasteiger partial charge in [0.1, 0.15) is 0 Å². The Morgan fingerprint density at radius 3 is 2.56 bits per heavy atom. The van der Waals surface area contributed by atoms with Crippen LogP contribution in [0.4, 0.5) is 0 Å². The van der Waals surface area contributed by atoms with Crippen molar-refractivity contribution < 1.29 is 4.79 Å². The second kappa shape index (κ2) is 6.23. The summed E-state index contributed by atoms with van der Waals surface area (Å²) in [5, 5.41) is 2.74. The van der Waals surface area contributed by atoms with E-state index in [-0.39, 0.29) is 10.9 Å². The lowest BCUT2D eigenvalue weighted by molar-refractivity contribution is -0.122. The number of nitrogens with two attached hydrogens (primary N) is 1. The predicted molar refractivity (Wildman–Crippen MR) is 69.1 cm³/mol. The van der Waals surface area contributed by atoms with E-state index in [4.69, 9.17) is 18.0 Å². The Labute approximate surface area is 101 Å². The highest BCUT2D eigenvalue weighted by atomic mass is 32.1. The van der Waals surface area contributed by atoms with Crippen LogP contribution in [0, 0.1) is 5.92 Å². The van der Waals surface area contributed by atoms with Crippen LogP contribution in [0.25, 0.3) is 0 Å². The Bertz CT molecular complexity index is 365. The van der Waals surface area contributed by atoms with E-state index in [1.165, 1.54) is 0 Å². The summed E-state index contributed by atoms with van der Waals surface area (Å²) in [5.41, 5.74) is 6.65. The molecular weight excluding hydrogens is 220 g/mol. The summed E-state index contributed by atoms with van der Waals surface area (Å²) in [6, 6.07) is 9.73. The van der Waals surface area contributed by atoms with Crippen molar-refractivity contribution in [1.82, 2.24) is 5.32 Å². The van der Waals surface area contributed by atoms with E-state index < -0.39 is 5.92 Å². The fourth-order valence-electron chi connectivity index (χ4n) is 1.47. The van der Waals surface area contributed by atoms with Gasteiger partial charge in [0.05, 0.1) is 10.9 Å². The molecule has 3 nitrogen and oxygen atoms in total. The molecule has 0 aliphatic rings. The average Bonchev–Trinajstić information content (AvgIpc) is 2.27. The minimum absolute atomic E-state index is 0.0983. The molecule has 1 unspecified atom stereocenters. The van der Waals surface area contributed by atoms with Crippen molar-refractivity contribution in [2.45, 2.75) is 13.3 Å². The molecule has 4 heteroatoms. The molecule has 3 N–H and O–H groups in total. The number of rotatable bonds is 5. The predicted octanol–water partition coefficient (Wildman–Crippen LogP) is 1.27. The largest absolute Gasteiger partial charge is 0.393 e. The van der Waals surface area contributed by atoms with Gasteiger partial charge in [-0.05, 0) is 18.9 Å². The molecule has 0 bridgehead atoms. The molecule has 0 spiro atoms. The quantitative estimate of drug-likeness (QED) is 0.757. The second-order valence-electron chi connectivity index (χ2n) is 3.54. The normalized spacial score (nSPS) is 11.8. The van der Waals surface area contributed by atoms with Crippen LogP contribution in [-0.2, 0) is 11.2 Å². The topological polar surface area (TPSA) is 55.1 Å². The van der Waals surface area contributed by atoms with Gasteiger partial charge < -0.3 is 11.1 Å². The molecule has 16 heavy (non-hydrogen) atoms. The van der Waals surface area contributed by atoms with E-state index in [0.29, 0.717) is 13.0 Å². The summed E-state index contributed by atoms with van der Waals surface area (Å²) >= 11 is 4.92. The number of carbonyl (C=O) groups is 1. The van der Waals surface area contributed by atoms with E-state index >= 15 is 0 Å². The number of thiocarbonyl (C=S) groups is 1. The highest BCUT2D eigenvalue weighted by Crippen LogP contribution is 2.09. The van der Waals surface area contributed by atoms with Crippen LogP contribution in [0.5, 0.6) is 0 Å². The van der Waals surface area contributed by atoms with Crippen molar-refractivity contribution in [3.05, 3.63) is 35.9 Å². The van der Waals surface area contributed by atoms with Gasteiger partial charge in [0.25, 0.3) is 0 Å². The molecule has 0 aromatic heterocycles. The van der Waals surface area contributed by atoms with Crippen molar-refractivity contribution in [3.63, 3.8) is 0 Å². The van der Waals surface area contributed by atoms with Crippen molar-refractivity contribution in [3.8, 4) is 0 Å². The van der Waals surface area contributed by atoms with E-state index in [1.807, 2.05) is 37.3 Å². The summed E-state index contributed by atoms with van der Waals surface area (Å²) in [6.07, 6.45) is 0.558. The van der Waals surface area contributed by atoms with Crippen LogP contribution in [0.1, 0.15) is 12.5 Å². The van der Waals surface area contributed by atoms with Gasteiger partial charge >= 0.3 is 0 Å². The maximum absolute atomic E-state index is 11.7. The lowest BCUT2D eigenvalue weighted by Gasteiger charge is -2.14. The summed E-state index contributed by atoms with van der Waals surface area (Å²) in [6.45, 7) is 2.46. The van der Waals surface area contributed by atoms with Gasteiger partial charge in [-0.15, -0.1) is 0 Å². The first-order valence-electron chi connectivity index (χ1n) is 5.26.